The third kappa shape index (κ3) is 1.86. The molecule has 0 aliphatic heterocycles. The second kappa shape index (κ2) is 4.31. The van der Waals surface area contributed by atoms with Gasteiger partial charge in [0.25, 0.3) is 0 Å². The minimum Gasteiger partial charge on any atom is -0.320 e. The first-order chi connectivity index (χ1) is 7.61. The van der Waals surface area contributed by atoms with Crippen molar-refractivity contribution in [1.82, 2.24) is 0 Å². The zero-order valence-corrected chi connectivity index (χ0v) is 9.52. The van der Waals surface area contributed by atoms with Gasteiger partial charge in [0.05, 0.1) is 6.04 Å². The van der Waals surface area contributed by atoms with Crippen LogP contribution in [0.1, 0.15) is 22.7 Å². The van der Waals surface area contributed by atoms with Crippen LogP contribution < -0.4 is 5.73 Å². The van der Waals surface area contributed by atoms with Crippen molar-refractivity contribution in [3.63, 3.8) is 0 Å². The van der Waals surface area contributed by atoms with Gasteiger partial charge >= 0.3 is 0 Å². The lowest BCUT2D eigenvalue weighted by molar-refractivity contribution is 0.538. The summed E-state index contributed by atoms with van der Waals surface area (Å²) in [5.41, 5.74) is 6.94. The summed E-state index contributed by atoms with van der Waals surface area (Å²) in [6.45, 7) is 1.60. The van der Waals surface area contributed by atoms with Crippen molar-refractivity contribution in [2.24, 2.45) is 5.73 Å². The van der Waals surface area contributed by atoms with Crippen molar-refractivity contribution in [1.29, 1.82) is 0 Å². The molecule has 0 radical (unpaired) electrons. The van der Waals surface area contributed by atoms with Gasteiger partial charge < -0.3 is 5.73 Å². The Balaban J connectivity index is 2.52. The summed E-state index contributed by atoms with van der Waals surface area (Å²) >= 11 is 1.45. The molecule has 2 N–H and O–H groups in total. The average molecular weight is 239 g/mol. The van der Waals surface area contributed by atoms with E-state index in [1.165, 1.54) is 23.5 Å². The Labute approximate surface area is 96.5 Å². The number of nitrogens with two attached hydrogens (primary N) is 1. The molecule has 0 fully saturated rings. The molecule has 1 atom stereocenters. The molecule has 2 aromatic rings. The summed E-state index contributed by atoms with van der Waals surface area (Å²) in [7, 11) is 0. The highest BCUT2D eigenvalue weighted by molar-refractivity contribution is 7.08. The Morgan fingerprint density at radius 2 is 2.00 bits per heavy atom. The number of aryl methyl sites for hydroxylation is 1. The molecule has 4 heteroatoms. The molecule has 0 saturated heterocycles. The summed E-state index contributed by atoms with van der Waals surface area (Å²) in [5.74, 6) is -1.15. The molecule has 84 valence electrons. The second-order valence-electron chi connectivity index (χ2n) is 3.63. The van der Waals surface area contributed by atoms with Crippen LogP contribution in [0.15, 0.2) is 29.0 Å². The molecule has 1 aromatic carbocycles. The fraction of sp³-hybridized carbons (Fsp3) is 0.167. The Morgan fingerprint density at radius 1 is 1.25 bits per heavy atom. The minimum absolute atomic E-state index is 0.0570. The van der Waals surface area contributed by atoms with Crippen LogP contribution in [0.3, 0.4) is 0 Å². The van der Waals surface area contributed by atoms with Gasteiger partial charge in [0.15, 0.2) is 0 Å². The van der Waals surface area contributed by atoms with Gasteiger partial charge in [0.2, 0.25) is 0 Å². The van der Waals surface area contributed by atoms with Crippen molar-refractivity contribution < 1.29 is 8.78 Å². The monoisotopic (exact) mass is 239 g/mol. The Kier molecular flexibility index (Phi) is 3.03. The summed E-state index contributed by atoms with van der Waals surface area (Å²) in [6.07, 6.45) is 0. The highest BCUT2D eigenvalue weighted by Gasteiger charge is 2.19. The Bertz CT molecular complexity index is 494. The van der Waals surface area contributed by atoms with Crippen molar-refractivity contribution >= 4 is 11.3 Å². The maximum Gasteiger partial charge on any atom is 0.134 e. The molecule has 1 nitrogen and oxygen atoms in total. The van der Waals surface area contributed by atoms with E-state index >= 15 is 0 Å². The number of benzene rings is 1. The molecule has 0 aliphatic carbocycles. The van der Waals surface area contributed by atoms with Crippen LogP contribution in [0.2, 0.25) is 0 Å². The first-order valence-electron chi connectivity index (χ1n) is 4.83. The van der Waals surface area contributed by atoms with E-state index in [1.54, 1.807) is 18.4 Å². The molecule has 0 saturated carbocycles. The van der Waals surface area contributed by atoms with E-state index in [0.29, 0.717) is 5.56 Å². The van der Waals surface area contributed by atoms with Crippen LogP contribution >= 0.6 is 11.3 Å². The number of rotatable bonds is 2. The lowest BCUT2D eigenvalue weighted by Crippen LogP contribution is -2.15. The Hall–Kier alpha value is -1.26. The predicted molar refractivity (Wildman–Crippen MR) is 61.4 cm³/mol. The summed E-state index contributed by atoms with van der Waals surface area (Å²) in [4.78, 5) is 0. The van der Waals surface area contributed by atoms with E-state index in [9.17, 15) is 8.78 Å². The summed E-state index contributed by atoms with van der Waals surface area (Å²) < 4.78 is 27.3. The quantitative estimate of drug-likeness (QED) is 0.854. The standard InChI is InChI=1S/C12H11F2NS/c1-7-2-3-9(13)10(11(7)14)12(15)8-4-5-16-6-8/h2-6,12H,15H2,1H3/t12-/m0/s1. The number of halogens is 2. The molecule has 0 bridgehead atoms. The van der Waals surface area contributed by atoms with Gasteiger partial charge in [-0.05, 0) is 40.9 Å². The minimum atomic E-state index is -0.744. The molecule has 1 heterocycles. The van der Waals surface area contributed by atoms with Gasteiger partial charge in [-0.2, -0.15) is 11.3 Å². The van der Waals surface area contributed by atoms with Crippen LogP contribution in [-0.2, 0) is 0 Å². The smallest absolute Gasteiger partial charge is 0.134 e. The highest BCUT2D eigenvalue weighted by Crippen LogP contribution is 2.27. The molecule has 0 aliphatic rings. The van der Waals surface area contributed by atoms with Gasteiger partial charge in [-0.15, -0.1) is 0 Å². The van der Waals surface area contributed by atoms with Gasteiger partial charge in [-0.1, -0.05) is 6.07 Å². The molecule has 0 spiro atoms. The first-order valence-corrected chi connectivity index (χ1v) is 5.77. The lowest BCUT2D eigenvalue weighted by Gasteiger charge is -2.13. The number of thiophene rings is 1. The lowest BCUT2D eigenvalue weighted by atomic mass is 9.99. The second-order valence-corrected chi connectivity index (χ2v) is 4.41. The van der Waals surface area contributed by atoms with Crippen molar-refractivity contribution in [3.8, 4) is 0 Å². The number of hydrogen-bond donors (Lipinski definition) is 1. The molecule has 0 amide bonds. The van der Waals surface area contributed by atoms with Gasteiger partial charge in [0.1, 0.15) is 11.6 Å². The van der Waals surface area contributed by atoms with Gasteiger partial charge in [-0.3, -0.25) is 0 Å². The van der Waals surface area contributed by atoms with Crippen molar-refractivity contribution in [2.75, 3.05) is 0 Å². The van der Waals surface area contributed by atoms with Crippen molar-refractivity contribution in [2.45, 2.75) is 13.0 Å². The van der Waals surface area contributed by atoms with Crippen LogP contribution in [-0.4, -0.2) is 0 Å². The van der Waals surface area contributed by atoms with Gasteiger partial charge in [-0.25, -0.2) is 8.78 Å². The molecular formula is C12H11F2NS. The Morgan fingerprint density at radius 3 is 2.62 bits per heavy atom. The van der Waals surface area contributed by atoms with Crippen LogP contribution in [0.25, 0.3) is 0 Å². The normalized spacial score (nSPS) is 12.8. The fourth-order valence-corrected chi connectivity index (χ4v) is 2.28. The zero-order valence-electron chi connectivity index (χ0n) is 8.71. The fourth-order valence-electron chi connectivity index (χ4n) is 1.58. The SMILES string of the molecule is Cc1ccc(F)c([C@@H](N)c2ccsc2)c1F. The maximum absolute atomic E-state index is 13.8. The van der Waals surface area contributed by atoms with E-state index < -0.39 is 17.7 Å². The predicted octanol–water partition coefficient (Wildman–Crippen LogP) is 3.38. The molecule has 1 aromatic heterocycles. The zero-order chi connectivity index (χ0) is 11.7. The van der Waals surface area contributed by atoms with Crippen molar-refractivity contribution in [3.05, 3.63) is 57.3 Å². The molecule has 2 rings (SSSR count). The van der Waals surface area contributed by atoms with Crippen LogP contribution in [0, 0.1) is 18.6 Å². The number of hydrogen-bond acceptors (Lipinski definition) is 2. The summed E-state index contributed by atoms with van der Waals surface area (Å²) in [6, 6.07) is 3.69. The third-order valence-corrected chi connectivity index (χ3v) is 3.23. The van der Waals surface area contributed by atoms with E-state index in [4.69, 9.17) is 5.73 Å². The average Bonchev–Trinajstić information content (AvgIpc) is 2.77. The van der Waals surface area contributed by atoms with E-state index in [1.807, 2.05) is 5.38 Å². The third-order valence-electron chi connectivity index (χ3n) is 2.53. The summed E-state index contributed by atoms with van der Waals surface area (Å²) in [5, 5.41) is 3.63. The largest absolute Gasteiger partial charge is 0.320 e. The van der Waals surface area contributed by atoms with E-state index in [0.717, 1.165) is 5.56 Å². The molecule has 16 heavy (non-hydrogen) atoms. The maximum atomic E-state index is 13.8. The van der Waals surface area contributed by atoms with Crippen LogP contribution in [0.5, 0.6) is 0 Å². The highest BCUT2D eigenvalue weighted by atomic mass is 32.1. The molecule has 0 unspecified atom stereocenters. The van der Waals surface area contributed by atoms with Crippen LogP contribution in [0.4, 0.5) is 8.78 Å². The van der Waals surface area contributed by atoms with E-state index in [-0.39, 0.29) is 5.56 Å². The van der Waals surface area contributed by atoms with Gasteiger partial charge in [0, 0.05) is 5.56 Å². The van der Waals surface area contributed by atoms with E-state index in [2.05, 4.69) is 0 Å². The molecular weight excluding hydrogens is 228 g/mol. The first kappa shape index (κ1) is 11.2. The topological polar surface area (TPSA) is 26.0 Å².